The van der Waals surface area contributed by atoms with E-state index in [1.165, 1.54) is 0 Å². The highest BCUT2D eigenvalue weighted by Crippen LogP contribution is 1.91. The van der Waals surface area contributed by atoms with E-state index in [9.17, 15) is 4.79 Å². The Morgan fingerprint density at radius 2 is 2.42 bits per heavy atom. The highest BCUT2D eigenvalue weighted by atomic mass is 16.1. The Bertz CT molecular complexity index is 287. The van der Waals surface area contributed by atoms with Crippen LogP contribution in [-0.4, -0.2) is 16.3 Å². The first-order valence-corrected chi connectivity index (χ1v) is 4.26. The molecule has 1 aromatic heterocycles. The zero-order valence-corrected chi connectivity index (χ0v) is 7.34. The number of hydrogen-bond acceptors (Lipinski definition) is 2. The second-order valence-electron chi connectivity index (χ2n) is 2.77. The fourth-order valence-corrected chi connectivity index (χ4v) is 1.08. The van der Waals surface area contributed by atoms with E-state index >= 15 is 0 Å². The maximum Gasteiger partial charge on any atom is 0.266 e. The highest BCUT2D eigenvalue weighted by molar-refractivity contribution is 4.98. The summed E-state index contributed by atoms with van der Waals surface area (Å²) in [5, 5.41) is 3.01. The first-order chi connectivity index (χ1) is 5.77. The number of nitrogens with zero attached hydrogens (tertiary/aromatic N) is 1. The van der Waals surface area contributed by atoms with Gasteiger partial charge in [0.2, 0.25) is 0 Å². The first kappa shape index (κ1) is 9.06. The van der Waals surface area contributed by atoms with Crippen molar-refractivity contribution in [1.82, 2.24) is 9.78 Å². The van der Waals surface area contributed by atoms with Crippen LogP contribution in [0.15, 0.2) is 10.9 Å². The molecular formula is C8H15N3O. The topological polar surface area (TPSA) is 63.8 Å². The van der Waals surface area contributed by atoms with E-state index in [1.807, 2.05) is 6.92 Å². The summed E-state index contributed by atoms with van der Waals surface area (Å²) < 4.78 is 1.60. The third-order valence-corrected chi connectivity index (χ3v) is 1.81. The Labute approximate surface area is 71.4 Å². The second kappa shape index (κ2) is 4.11. The molecule has 12 heavy (non-hydrogen) atoms. The zero-order chi connectivity index (χ0) is 8.97. The summed E-state index contributed by atoms with van der Waals surface area (Å²) in [5.41, 5.74) is 6.36. The lowest BCUT2D eigenvalue weighted by Crippen LogP contribution is -2.17. The van der Waals surface area contributed by atoms with Gasteiger partial charge in [-0.1, -0.05) is 6.92 Å². The molecular weight excluding hydrogens is 154 g/mol. The van der Waals surface area contributed by atoms with E-state index in [1.54, 1.807) is 10.7 Å². The molecule has 0 radical (unpaired) electrons. The summed E-state index contributed by atoms with van der Waals surface area (Å²) in [6.07, 6.45) is 1.70. The minimum Gasteiger partial charge on any atom is -0.330 e. The Morgan fingerprint density at radius 1 is 1.67 bits per heavy atom. The van der Waals surface area contributed by atoms with Gasteiger partial charge < -0.3 is 5.73 Å². The third-order valence-electron chi connectivity index (χ3n) is 1.81. The Hall–Kier alpha value is -1.03. The van der Waals surface area contributed by atoms with Crippen molar-refractivity contribution in [1.29, 1.82) is 0 Å². The molecule has 0 aliphatic heterocycles. The molecule has 1 heterocycles. The van der Waals surface area contributed by atoms with Crippen LogP contribution in [-0.2, 0) is 13.0 Å². The summed E-state index contributed by atoms with van der Waals surface area (Å²) >= 11 is 0. The lowest BCUT2D eigenvalue weighted by Gasteiger charge is -1.98. The van der Waals surface area contributed by atoms with E-state index < -0.39 is 0 Å². The van der Waals surface area contributed by atoms with Gasteiger partial charge in [0.25, 0.3) is 5.56 Å². The monoisotopic (exact) mass is 169 g/mol. The number of H-pyrrole nitrogens is 1. The number of rotatable bonds is 4. The van der Waals surface area contributed by atoms with Crippen molar-refractivity contribution < 1.29 is 0 Å². The minimum absolute atomic E-state index is 0.0419. The Kier molecular flexibility index (Phi) is 3.10. The fourth-order valence-electron chi connectivity index (χ4n) is 1.08. The normalized spacial score (nSPS) is 10.5. The molecule has 0 fully saturated rings. The van der Waals surface area contributed by atoms with Crippen LogP contribution < -0.4 is 11.3 Å². The van der Waals surface area contributed by atoms with Gasteiger partial charge in [-0.25, -0.2) is 0 Å². The van der Waals surface area contributed by atoms with Gasteiger partial charge in [-0.3, -0.25) is 14.6 Å². The molecule has 0 unspecified atom stereocenters. The molecule has 68 valence electrons. The van der Waals surface area contributed by atoms with Gasteiger partial charge in [0.15, 0.2) is 0 Å². The predicted molar refractivity (Wildman–Crippen MR) is 48.1 cm³/mol. The molecule has 0 saturated heterocycles. The molecule has 0 spiro atoms. The average molecular weight is 169 g/mol. The van der Waals surface area contributed by atoms with Gasteiger partial charge in [-0.2, -0.15) is 0 Å². The second-order valence-corrected chi connectivity index (χ2v) is 2.77. The van der Waals surface area contributed by atoms with Crippen molar-refractivity contribution in [2.24, 2.45) is 5.73 Å². The van der Waals surface area contributed by atoms with Crippen molar-refractivity contribution in [3.05, 3.63) is 22.1 Å². The van der Waals surface area contributed by atoms with Gasteiger partial charge in [0.1, 0.15) is 0 Å². The van der Waals surface area contributed by atoms with Crippen molar-refractivity contribution in [3.8, 4) is 0 Å². The third kappa shape index (κ3) is 1.98. The lowest BCUT2D eigenvalue weighted by molar-refractivity contribution is 0.563. The van der Waals surface area contributed by atoms with Gasteiger partial charge in [-0.15, -0.1) is 0 Å². The minimum atomic E-state index is 0.0419. The summed E-state index contributed by atoms with van der Waals surface area (Å²) in [7, 11) is 0. The van der Waals surface area contributed by atoms with E-state index in [-0.39, 0.29) is 5.56 Å². The van der Waals surface area contributed by atoms with Crippen LogP contribution in [0.4, 0.5) is 0 Å². The predicted octanol–water partition coefficient (Wildman–Crippen LogP) is 0.0876. The SMILES string of the molecule is CCc1cc(=O)n(CCCN)[nH]1. The molecule has 0 aliphatic carbocycles. The molecule has 0 aromatic carbocycles. The van der Waals surface area contributed by atoms with Crippen LogP contribution in [0.25, 0.3) is 0 Å². The van der Waals surface area contributed by atoms with Crippen LogP contribution in [0.1, 0.15) is 19.0 Å². The van der Waals surface area contributed by atoms with Crippen LogP contribution >= 0.6 is 0 Å². The molecule has 4 heteroatoms. The maximum atomic E-state index is 11.2. The van der Waals surface area contributed by atoms with Crippen LogP contribution in [0, 0.1) is 0 Å². The zero-order valence-electron chi connectivity index (χ0n) is 7.34. The number of aryl methyl sites for hydroxylation is 2. The van der Waals surface area contributed by atoms with Crippen LogP contribution in [0.2, 0.25) is 0 Å². The van der Waals surface area contributed by atoms with E-state index in [0.29, 0.717) is 13.1 Å². The molecule has 4 nitrogen and oxygen atoms in total. The Morgan fingerprint density at radius 3 is 2.92 bits per heavy atom. The van der Waals surface area contributed by atoms with Crippen LogP contribution in [0.3, 0.4) is 0 Å². The molecule has 0 aliphatic rings. The van der Waals surface area contributed by atoms with Crippen molar-refractivity contribution in [3.63, 3.8) is 0 Å². The van der Waals surface area contributed by atoms with Gasteiger partial charge in [-0.05, 0) is 19.4 Å². The molecule has 0 bridgehead atoms. The smallest absolute Gasteiger partial charge is 0.266 e. The number of hydrogen-bond donors (Lipinski definition) is 2. The number of aromatic amines is 1. The van der Waals surface area contributed by atoms with Gasteiger partial charge in [0.05, 0.1) is 0 Å². The van der Waals surface area contributed by atoms with E-state index in [0.717, 1.165) is 18.5 Å². The highest BCUT2D eigenvalue weighted by Gasteiger charge is 1.99. The standard InChI is InChI=1S/C8H15N3O/c1-2-7-6-8(12)11(10-7)5-3-4-9/h6,10H,2-5,9H2,1H3. The van der Waals surface area contributed by atoms with E-state index in [4.69, 9.17) is 5.73 Å². The summed E-state index contributed by atoms with van der Waals surface area (Å²) in [5.74, 6) is 0. The number of nitrogens with one attached hydrogen (secondary N) is 1. The average Bonchev–Trinajstić information content (AvgIpc) is 2.43. The van der Waals surface area contributed by atoms with Crippen molar-refractivity contribution >= 4 is 0 Å². The van der Waals surface area contributed by atoms with Gasteiger partial charge >= 0.3 is 0 Å². The summed E-state index contributed by atoms with van der Waals surface area (Å²) in [6, 6.07) is 1.64. The maximum absolute atomic E-state index is 11.2. The molecule has 0 atom stereocenters. The molecule has 0 saturated carbocycles. The van der Waals surface area contributed by atoms with Gasteiger partial charge in [0, 0.05) is 18.3 Å². The largest absolute Gasteiger partial charge is 0.330 e. The van der Waals surface area contributed by atoms with Crippen molar-refractivity contribution in [2.45, 2.75) is 26.3 Å². The summed E-state index contributed by atoms with van der Waals surface area (Å²) in [4.78, 5) is 11.2. The number of aromatic nitrogens is 2. The summed E-state index contributed by atoms with van der Waals surface area (Å²) in [6.45, 7) is 3.32. The lowest BCUT2D eigenvalue weighted by atomic mass is 10.3. The molecule has 1 aromatic rings. The fraction of sp³-hybridized carbons (Fsp3) is 0.625. The molecule has 1 rings (SSSR count). The first-order valence-electron chi connectivity index (χ1n) is 4.26. The quantitative estimate of drug-likeness (QED) is 0.670. The molecule has 3 N–H and O–H groups in total. The van der Waals surface area contributed by atoms with E-state index in [2.05, 4.69) is 5.10 Å². The Balaban J connectivity index is 2.71. The van der Waals surface area contributed by atoms with Crippen LogP contribution in [0.5, 0.6) is 0 Å². The number of nitrogens with two attached hydrogens (primary N) is 1. The van der Waals surface area contributed by atoms with Crippen molar-refractivity contribution in [2.75, 3.05) is 6.54 Å². The molecule has 0 amide bonds.